The third-order valence-electron chi connectivity index (χ3n) is 5.95. The number of amides is 2. The Balaban J connectivity index is 1.35. The molecule has 1 atom stereocenters. The van der Waals surface area contributed by atoms with Gasteiger partial charge in [0.05, 0.1) is 11.7 Å². The first-order valence-electron chi connectivity index (χ1n) is 10.0. The monoisotopic (exact) mass is 386 g/mol. The van der Waals surface area contributed by atoms with Gasteiger partial charge in [0.25, 0.3) is 0 Å². The van der Waals surface area contributed by atoms with Gasteiger partial charge < -0.3 is 19.6 Å². The molecular weight excluding hydrogens is 359 g/mol. The van der Waals surface area contributed by atoms with E-state index in [1.54, 1.807) is 0 Å². The maximum absolute atomic E-state index is 13.1. The Morgan fingerprint density at radius 2 is 1.86 bits per heavy atom. The maximum Gasteiger partial charge on any atom is 0.318 e. The molecule has 1 N–H and O–H groups in total. The topological polar surface area (TPSA) is 61.6 Å². The van der Waals surface area contributed by atoms with E-state index in [0.29, 0.717) is 0 Å². The number of urea groups is 1. The van der Waals surface area contributed by atoms with Gasteiger partial charge in [-0.3, -0.25) is 0 Å². The lowest BCUT2D eigenvalue weighted by Gasteiger charge is -2.35. The van der Waals surface area contributed by atoms with Crippen molar-refractivity contribution in [3.63, 3.8) is 0 Å². The van der Waals surface area contributed by atoms with E-state index in [9.17, 15) is 9.18 Å². The van der Waals surface area contributed by atoms with Crippen LogP contribution in [0.1, 0.15) is 48.7 Å². The number of piperidine rings is 1. The molecule has 28 heavy (non-hydrogen) atoms. The van der Waals surface area contributed by atoms with Gasteiger partial charge in [-0.05, 0) is 63.8 Å². The number of benzene rings is 1. The summed E-state index contributed by atoms with van der Waals surface area (Å²) in [6.07, 6.45) is 3.70. The largest absolute Gasteiger partial charge is 0.371 e. The second kappa shape index (κ2) is 7.81. The molecule has 2 amide bonds. The molecule has 1 aromatic heterocycles. The molecule has 2 fully saturated rings. The second-order valence-corrected chi connectivity index (χ2v) is 7.78. The molecule has 1 aromatic carbocycles. The van der Waals surface area contributed by atoms with E-state index in [1.165, 1.54) is 12.1 Å². The van der Waals surface area contributed by atoms with Gasteiger partial charge in [0, 0.05) is 36.9 Å². The lowest BCUT2D eigenvalue weighted by atomic mass is 10.0. The number of nitrogens with zero attached hydrogens (tertiary/aromatic N) is 3. The predicted molar refractivity (Wildman–Crippen MR) is 105 cm³/mol. The zero-order valence-electron chi connectivity index (χ0n) is 16.4. The van der Waals surface area contributed by atoms with Crippen molar-refractivity contribution in [2.24, 2.45) is 0 Å². The van der Waals surface area contributed by atoms with E-state index in [0.717, 1.165) is 68.0 Å². The zero-order valence-corrected chi connectivity index (χ0v) is 16.4. The molecule has 150 valence electrons. The predicted octanol–water partition coefficient (Wildman–Crippen LogP) is 3.95. The first-order valence-corrected chi connectivity index (χ1v) is 10.0. The van der Waals surface area contributed by atoms with Gasteiger partial charge in [-0.15, -0.1) is 0 Å². The van der Waals surface area contributed by atoms with Crippen LogP contribution >= 0.6 is 0 Å². The highest BCUT2D eigenvalue weighted by Gasteiger charge is 2.35. The zero-order chi connectivity index (χ0) is 19.7. The number of nitrogens with one attached hydrogen (secondary N) is 1. The molecule has 1 unspecified atom stereocenters. The third kappa shape index (κ3) is 3.70. The van der Waals surface area contributed by atoms with Gasteiger partial charge in [-0.2, -0.15) is 0 Å². The number of aromatic nitrogens is 1. The fraction of sp³-hybridized carbons (Fsp3) is 0.524. The van der Waals surface area contributed by atoms with Crippen LogP contribution in [0.25, 0.3) is 0 Å². The Bertz CT molecular complexity index is 808. The van der Waals surface area contributed by atoms with Crippen LogP contribution in [-0.4, -0.2) is 41.8 Å². The first kappa shape index (κ1) is 18.8. The molecule has 0 aliphatic carbocycles. The number of anilines is 1. The summed E-state index contributed by atoms with van der Waals surface area (Å²) in [5.41, 5.74) is 2.96. The molecule has 2 aliphatic heterocycles. The minimum atomic E-state index is -0.218. The molecule has 3 heterocycles. The Labute approximate surface area is 164 Å². The van der Waals surface area contributed by atoms with Crippen molar-refractivity contribution in [2.75, 3.05) is 24.5 Å². The number of hydrogen-bond donors (Lipinski definition) is 1. The SMILES string of the molecule is Cc1noc(C)c1C1CCCN1C(=O)NC1CCN(c2ccc(F)cc2)CC1. The van der Waals surface area contributed by atoms with Crippen molar-refractivity contribution in [1.29, 1.82) is 0 Å². The fourth-order valence-electron chi connectivity index (χ4n) is 4.47. The Morgan fingerprint density at radius 3 is 2.50 bits per heavy atom. The van der Waals surface area contributed by atoms with Crippen LogP contribution in [0.3, 0.4) is 0 Å². The van der Waals surface area contributed by atoms with Crippen LogP contribution in [0.5, 0.6) is 0 Å². The normalized spacial score (nSPS) is 20.6. The summed E-state index contributed by atoms with van der Waals surface area (Å²) < 4.78 is 18.4. The molecular formula is C21H27FN4O2. The quantitative estimate of drug-likeness (QED) is 0.868. The minimum Gasteiger partial charge on any atom is -0.371 e. The average molecular weight is 386 g/mol. The molecule has 2 saturated heterocycles. The number of rotatable bonds is 3. The smallest absolute Gasteiger partial charge is 0.318 e. The van der Waals surface area contributed by atoms with Crippen molar-refractivity contribution >= 4 is 11.7 Å². The van der Waals surface area contributed by atoms with Crippen molar-refractivity contribution in [3.8, 4) is 0 Å². The molecule has 2 aliphatic rings. The van der Waals surface area contributed by atoms with E-state index >= 15 is 0 Å². The van der Waals surface area contributed by atoms with Crippen molar-refractivity contribution < 1.29 is 13.7 Å². The number of halogens is 1. The lowest BCUT2D eigenvalue weighted by molar-refractivity contribution is 0.186. The number of carbonyl (C=O) groups excluding carboxylic acids is 1. The third-order valence-corrected chi connectivity index (χ3v) is 5.95. The van der Waals surface area contributed by atoms with Crippen LogP contribution in [0.4, 0.5) is 14.9 Å². The summed E-state index contributed by atoms with van der Waals surface area (Å²) in [5.74, 6) is 0.583. The molecule has 0 spiro atoms. The van der Waals surface area contributed by atoms with Gasteiger partial charge in [0.15, 0.2) is 0 Å². The highest BCUT2D eigenvalue weighted by Crippen LogP contribution is 2.35. The molecule has 0 radical (unpaired) electrons. The summed E-state index contributed by atoms with van der Waals surface area (Å²) >= 11 is 0. The Hall–Kier alpha value is -2.57. The summed E-state index contributed by atoms with van der Waals surface area (Å²) in [6, 6.07) is 6.82. The van der Waals surface area contributed by atoms with E-state index in [4.69, 9.17) is 4.52 Å². The van der Waals surface area contributed by atoms with Gasteiger partial charge in [0.2, 0.25) is 0 Å². The van der Waals surface area contributed by atoms with Crippen LogP contribution in [0.2, 0.25) is 0 Å². The first-order chi connectivity index (χ1) is 13.5. The molecule has 2 aromatic rings. The van der Waals surface area contributed by atoms with Gasteiger partial charge in [-0.25, -0.2) is 9.18 Å². The fourth-order valence-corrected chi connectivity index (χ4v) is 4.47. The second-order valence-electron chi connectivity index (χ2n) is 7.78. The molecule has 7 heteroatoms. The highest BCUT2D eigenvalue weighted by molar-refractivity contribution is 5.75. The minimum absolute atomic E-state index is 0.00253. The van der Waals surface area contributed by atoms with Crippen LogP contribution in [-0.2, 0) is 0 Å². The maximum atomic E-state index is 13.1. The molecule has 6 nitrogen and oxygen atoms in total. The lowest BCUT2D eigenvalue weighted by Crippen LogP contribution is -2.49. The Kier molecular flexibility index (Phi) is 5.24. The van der Waals surface area contributed by atoms with E-state index < -0.39 is 0 Å². The van der Waals surface area contributed by atoms with Crippen LogP contribution in [0.15, 0.2) is 28.8 Å². The molecule has 0 bridgehead atoms. The molecule has 0 saturated carbocycles. The number of likely N-dealkylation sites (tertiary alicyclic amines) is 1. The summed E-state index contributed by atoms with van der Waals surface area (Å²) in [7, 11) is 0. The Morgan fingerprint density at radius 1 is 1.14 bits per heavy atom. The number of carbonyl (C=O) groups is 1. The number of aryl methyl sites for hydroxylation is 2. The van der Waals surface area contributed by atoms with Crippen molar-refractivity contribution in [1.82, 2.24) is 15.4 Å². The van der Waals surface area contributed by atoms with Crippen LogP contribution < -0.4 is 10.2 Å². The van der Waals surface area contributed by atoms with E-state index in [2.05, 4.69) is 15.4 Å². The highest BCUT2D eigenvalue weighted by atomic mass is 19.1. The summed E-state index contributed by atoms with van der Waals surface area (Å²) in [5, 5.41) is 7.27. The standard InChI is InChI=1S/C21H27FN4O2/c1-14-20(15(2)28-24-14)19-4-3-11-26(19)21(27)23-17-9-12-25(13-10-17)18-7-5-16(22)6-8-18/h5-8,17,19H,3-4,9-13H2,1-2H3,(H,23,27). The van der Waals surface area contributed by atoms with E-state index in [1.807, 2.05) is 30.9 Å². The number of hydrogen-bond acceptors (Lipinski definition) is 4. The van der Waals surface area contributed by atoms with Crippen molar-refractivity contribution in [3.05, 3.63) is 47.1 Å². The van der Waals surface area contributed by atoms with Gasteiger partial charge in [0.1, 0.15) is 11.6 Å². The molecule has 4 rings (SSSR count). The summed E-state index contributed by atoms with van der Waals surface area (Å²) in [4.78, 5) is 17.1. The van der Waals surface area contributed by atoms with Crippen molar-refractivity contribution in [2.45, 2.75) is 51.6 Å². The summed E-state index contributed by atoms with van der Waals surface area (Å²) in [6.45, 7) is 6.31. The van der Waals surface area contributed by atoms with Gasteiger partial charge in [-0.1, -0.05) is 5.16 Å². The average Bonchev–Trinajstić information content (AvgIpc) is 3.29. The van der Waals surface area contributed by atoms with E-state index in [-0.39, 0.29) is 23.9 Å². The van der Waals surface area contributed by atoms with Crippen LogP contribution in [0, 0.1) is 19.7 Å². The van der Waals surface area contributed by atoms with Gasteiger partial charge >= 0.3 is 6.03 Å².